The third kappa shape index (κ3) is 6.31. The molecule has 0 aliphatic carbocycles. The van der Waals surface area contributed by atoms with E-state index in [0.717, 1.165) is 12.8 Å². The molecule has 1 aromatic heterocycles. The van der Waals surface area contributed by atoms with E-state index in [9.17, 15) is 9.59 Å². The Morgan fingerprint density at radius 3 is 2.76 bits per heavy atom. The number of amides is 2. The number of rotatable bonds is 9. The van der Waals surface area contributed by atoms with Crippen LogP contribution in [0.15, 0.2) is 48.8 Å². The molecule has 29 heavy (non-hydrogen) atoms. The summed E-state index contributed by atoms with van der Waals surface area (Å²) >= 11 is 0. The van der Waals surface area contributed by atoms with Crippen LogP contribution in [0.1, 0.15) is 43.7 Å². The van der Waals surface area contributed by atoms with Crippen molar-refractivity contribution in [3.63, 3.8) is 0 Å². The van der Waals surface area contributed by atoms with Crippen LogP contribution in [-0.2, 0) is 16.0 Å². The van der Waals surface area contributed by atoms with Gasteiger partial charge in [-0.05, 0) is 50.8 Å². The van der Waals surface area contributed by atoms with Gasteiger partial charge in [-0.25, -0.2) is 0 Å². The van der Waals surface area contributed by atoms with Crippen molar-refractivity contribution >= 4 is 11.8 Å². The number of nitrogens with one attached hydrogen (secondary N) is 2. The summed E-state index contributed by atoms with van der Waals surface area (Å²) in [6.07, 6.45) is 6.19. The Hall–Kier alpha value is -2.89. The standard InChI is InChI=1S/C23H29N3O3/c1-17-5-7-19(8-6-17)14-23(12-10-22(28)26-23)11-9-21(27)25-15-18(2)29-20-4-3-13-24-16-20/h3-8,13,16,18H,9-12,14-15H2,1-2H3,(H,25,27)(H,26,28)/t18-,23+/m0/s1. The van der Waals surface area contributed by atoms with Crippen molar-refractivity contribution in [1.29, 1.82) is 0 Å². The molecule has 154 valence electrons. The minimum atomic E-state index is -0.346. The van der Waals surface area contributed by atoms with Gasteiger partial charge in [0.1, 0.15) is 11.9 Å². The number of carbonyl (C=O) groups excluding carboxylic acids is 2. The molecule has 0 spiro atoms. The second-order valence-corrected chi connectivity index (χ2v) is 7.91. The number of hydrogen-bond donors (Lipinski definition) is 2. The average Bonchev–Trinajstić information content (AvgIpc) is 3.08. The van der Waals surface area contributed by atoms with Crippen LogP contribution in [-0.4, -0.2) is 35.0 Å². The topological polar surface area (TPSA) is 80.3 Å². The summed E-state index contributed by atoms with van der Waals surface area (Å²) < 4.78 is 5.73. The molecule has 0 radical (unpaired) electrons. The predicted octanol–water partition coefficient (Wildman–Crippen LogP) is 2.95. The van der Waals surface area contributed by atoms with Gasteiger partial charge in [-0.15, -0.1) is 0 Å². The third-order valence-corrected chi connectivity index (χ3v) is 5.29. The van der Waals surface area contributed by atoms with E-state index in [1.54, 1.807) is 12.4 Å². The van der Waals surface area contributed by atoms with Crippen molar-refractivity contribution in [1.82, 2.24) is 15.6 Å². The molecule has 6 heteroatoms. The van der Waals surface area contributed by atoms with Gasteiger partial charge in [-0.2, -0.15) is 0 Å². The van der Waals surface area contributed by atoms with E-state index >= 15 is 0 Å². The first kappa shape index (κ1) is 20.8. The van der Waals surface area contributed by atoms with Crippen LogP contribution in [0, 0.1) is 6.92 Å². The highest BCUT2D eigenvalue weighted by atomic mass is 16.5. The number of benzene rings is 1. The highest BCUT2D eigenvalue weighted by Crippen LogP contribution is 2.29. The smallest absolute Gasteiger partial charge is 0.220 e. The van der Waals surface area contributed by atoms with Crippen molar-refractivity contribution in [2.75, 3.05) is 6.54 Å². The molecule has 1 aromatic carbocycles. The van der Waals surface area contributed by atoms with Crippen molar-refractivity contribution in [3.05, 3.63) is 59.9 Å². The van der Waals surface area contributed by atoms with E-state index in [-0.39, 0.29) is 23.5 Å². The maximum atomic E-state index is 12.4. The largest absolute Gasteiger partial charge is 0.487 e. The van der Waals surface area contributed by atoms with Crippen molar-refractivity contribution in [2.24, 2.45) is 0 Å². The average molecular weight is 396 g/mol. The Balaban J connectivity index is 1.49. The van der Waals surface area contributed by atoms with Gasteiger partial charge >= 0.3 is 0 Å². The first-order valence-corrected chi connectivity index (χ1v) is 10.1. The van der Waals surface area contributed by atoms with Gasteiger partial charge in [0.15, 0.2) is 0 Å². The van der Waals surface area contributed by atoms with Crippen molar-refractivity contribution in [2.45, 2.75) is 57.6 Å². The lowest BCUT2D eigenvalue weighted by atomic mass is 9.84. The molecular formula is C23H29N3O3. The fourth-order valence-electron chi connectivity index (χ4n) is 3.67. The summed E-state index contributed by atoms with van der Waals surface area (Å²) in [5.41, 5.74) is 2.04. The molecule has 3 rings (SSSR count). The number of aromatic nitrogens is 1. The fraction of sp³-hybridized carbons (Fsp3) is 0.435. The lowest BCUT2D eigenvalue weighted by Crippen LogP contribution is -2.45. The van der Waals surface area contributed by atoms with Crippen LogP contribution in [0.5, 0.6) is 5.75 Å². The molecular weight excluding hydrogens is 366 g/mol. The van der Waals surface area contributed by atoms with Gasteiger partial charge in [-0.3, -0.25) is 14.6 Å². The predicted molar refractivity (Wildman–Crippen MR) is 112 cm³/mol. The molecule has 2 aromatic rings. The quantitative estimate of drug-likeness (QED) is 0.684. The first-order chi connectivity index (χ1) is 13.9. The Labute approximate surface area is 172 Å². The molecule has 0 bridgehead atoms. The molecule has 1 aliphatic rings. The molecule has 2 N–H and O–H groups in total. The minimum absolute atomic E-state index is 0.0314. The van der Waals surface area contributed by atoms with Gasteiger partial charge < -0.3 is 15.4 Å². The molecule has 2 atom stereocenters. The maximum absolute atomic E-state index is 12.4. The highest BCUT2D eigenvalue weighted by Gasteiger charge is 2.37. The van der Waals surface area contributed by atoms with Crippen LogP contribution < -0.4 is 15.4 Å². The lowest BCUT2D eigenvalue weighted by Gasteiger charge is -2.29. The zero-order chi connectivity index (χ0) is 20.7. The van der Waals surface area contributed by atoms with E-state index in [2.05, 4.69) is 46.8 Å². The van der Waals surface area contributed by atoms with Crippen LogP contribution >= 0.6 is 0 Å². The molecule has 1 aliphatic heterocycles. The van der Waals surface area contributed by atoms with Gasteiger partial charge in [-0.1, -0.05) is 29.8 Å². The number of pyridine rings is 1. The van der Waals surface area contributed by atoms with E-state index in [4.69, 9.17) is 4.74 Å². The van der Waals surface area contributed by atoms with Crippen LogP contribution in [0.2, 0.25) is 0 Å². The minimum Gasteiger partial charge on any atom is -0.487 e. The maximum Gasteiger partial charge on any atom is 0.220 e. The van der Waals surface area contributed by atoms with Crippen LogP contribution in [0.3, 0.4) is 0 Å². The molecule has 2 amide bonds. The van der Waals surface area contributed by atoms with Gasteiger partial charge in [0.05, 0.1) is 12.7 Å². The van der Waals surface area contributed by atoms with Crippen LogP contribution in [0.25, 0.3) is 0 Å². The highest BCUT2D eigenvalue weighted by molar-refractivity contribution is 5.80. The van der Waals surface area contributed by atoms with Crippen LogP contribution in [0.4, 0.5) is 0 Å². The third-order valence-electron chi connectivity index (χ3n) is 5.29. The van der Waals surface area contributed by atoms with E-state index in [1.165, 1.54) is 11.1 Å². The molecule has 0 saturated carbocycles. The molecule has 0 unspecified atom stereocenters. The number of carbonyl (C=O) groups is 2. The summed E-state index contributed by atoms with van der Waals surface area (Å²) in [5, 5.41) is 6.06. The van der Waals surface area contributed by atoms with E-state index < -0.39 is 0 Å². The SMILES string of the molecule is Cc1ccc(C[C@@]2(CCC(=O)NC[C@H](C)Oc3cccnc3)CCC(=O)N2)cc1. The second-order valence-electron chi connectivity index (χ2n) is 7.91. The summed E-state index contributed by atoms with van der Waals surface area (Å²) in [4.78, 5) is 28.3. The fourth-order valence-corrected chi connectivity index (χ4v) is 3.67. The van der Waals surface area contributed by atoms with Gasteiger partial charge in [0.2, 0.25) is 11.8 Å². The second kappa shape index (κ2) is 9.54. The number of hydrogen-bond acceptors (Lipinski definition) is 4. The summed E-state index contributed by atoms with van der Waals surface area (Å²) in [6, 6.07) is 12.0. The summed E-state index contributed by atoms with van der Waals surface area (Å²) in [7, 11) is 0. The Morgan fingerprint density at radius 2 is 2.10 bits per heavy atom. The zero-order valence-electron chi connectivity index (χ0n) is 17.1. The monoisotopic (exact) mass is 395 g/mol. The Kier molecular flexibility index (Phi) is 6.86. The summed E-state index contributed by atoms with van der Waals surface area (Å²) in [5.74, 6) is 0.715. The van der Waals surface area contributed by atoms with Gasteiger partial charge in [0, 0.05) is 24.6 Å². The van der Waals surface area contributed by atoms with Crippen molar-refractivity contribution in [3.8, 4) is 5.75 Å². The normalized spacial score (nSPS) is 19.4. The Bertz CT molecular complexity index is 823. The summed E-state index contributed by atoms with van der Waals surface area (Å²) in [6.45, 7) is 4.38. The van der Waals surface area contributed by atoms with Crippen molar-refractivity contribution < 1.29 is 14.3 Å². The lowest BCUT2D eigenvalue weighted by molar-refractivity contribution is -0.123. The molecule has 2 heterocycles. The van der Waals surface area contributed by atoms with E-state index in [0.29, 0.717) is 31.6 Å². The first-order valence-electron chi connectivity index (χ1n) is 10.1. The molecule has 1 fully saturated rings. The number of nitrogens with zero attached hydrogens (tertiary/aromatic N) is 1. The number of aryl methyl sites for hydroxylation is 1. The number of ether oxygens (including phenoxy) is 1. The zero-order valence-corrected chi connectivity index (χ0v) is 17.1. The van der Waals surface area contributed by atoms with Gasteiger partial charge in [0.25, 0.3) is 0 Å². The molecule has 1 saturated heterocycles. The van der Waals surface area contributed by atoms with E-state index in [1.807, 2.05) is 19.1 Å². The Morgan fingerprint density at radius 1 is 1.31 bits per heavy atom. The molecule has 6 nitrogen and oxygen atoms in total.